The molecule has 1 N–H and O–H groups in total. The van der Waals surface area contributed by atoms with Gasteiger partial charge in [0.1, 0.15) is 6.10 Å². The number of hydrogen-bond donors (Lipinski definition) is 1. The van der Waals surface area contributed by atoms with Crippen molar-refractivity contribution in [2.24, 2.45) is 0 Å². The minimum absolute atomic E-state index is 0. The molecule has 0 amide bonds. The van der Waals surface area contributed by atoms with Crippen LogP contribution in [-0.4, -0.2) is 47.3 Å². The summed E-state index contributed by atoms with van der Waals surface area (Å²) in [5, 5.41) is 10.0. The first-order valence-corrected chi connectivity index (χ1v) is 7.78. The lowest BCUT2D eigenvalue weighted by Gasteiger charge is -2.36. The van der Waals surface area contributed by atoms with Crippen LogP contribution in [0.4, 0.5) is 0 Å². The molecule has 1 unspecified atom stereocenters. The van der Waals surface area contributed by atoms with Crippen LogP contribution >= 0.6 is 12.4 Å². The molecule has 122 valence electrons. The fourth-order valence-corrected chi connectivity index (χ4v) is 3.62. The number of esters is 1. The van der Waals surface area contributed by atoms with E-state index in [2.05, 4.69) is 11.9 Å². The molecule has 4 atom stereocenters. The summed E-state index contributed by atoms with van der Waals surface area (Å²) >= 11 is 0. The molecule has 0 radical (unpaired) electrons. The lowest BCUT2D eigenvalue weighted by Crippen LogP contribution is -2.44. The number of hydrogen-bond acceptors (Lipinski definition) is 4. The zero-order valence-electron chi connectivity index (χ0n) is 12.9. The molecule has 5 heteroatoms. The molecule has 3 rings (SSSR count). The number of ether oxygens (including phenoxy) is 1. The van der Waals surface area contributed by atoms with Crippen molar-refractivity contribution >= 4 is 18.4 Å². The summed E-state index contributed by atoms with van der Waals surface area (Å²) in [6, 6.07) is 10.6. The first-order valence-electron chi connectivity index (χ1n) is 7.78. The standard InChI is InChI=1S/C17H23NO3.ClH/c1-18-13-7-8-14(18)11-15(10-13)21-17(20)16(19)9-12-5-3-2-4-6-12;/h2-6,13-16,19H,7-11H2,1H3;1H/t13-,14+,15?,16-;/m1./s1. The Kier molecular flexibility index (Phi) is 5.84. The number of carbonyl (C=O) groups is 1. The van der Waals surface area contributed by atoms with Gasteiger partial charge in [-0.1, -0.05) is 30.3 Å². The summed E-state index contributed by atoms with van der Waals surface area (Å²) in [5.41, 5.74) is 0.949. The van der Waals surface area contributed by atoms with Crippen LogP contribution in [0, 0.1) is 0 Å². The highest BCUT2D eigenvalue weighted by atomic mass is 35.5. The number of aliphatic hydroxyl groups is 1. The summed E-state index contributed by atoms with van der Waals surface area (Å²) in [6.07, 6.45) is 3.41. The van der Waals surface area contributed by atoms with Crippen LogP contribution in [0.25, 0.3) is 0 Å². The molecule has 2 aliphatic rings. The van der Waals surface area contributed by atoms with E-state index in [0.717, 1.165) is 18.4 Å². The Balaban J connectivity index is 0.00000176. The van der Waals surface area contributed by atoms with Crippen molar-refractivity contribution in [3.63, 3.8) is 0 Å². The second-order valence-electron chi connectivity index (χ2n) is 6.29. The van der Waals surface area contributed by atoms with Gasteiger partial charge in [-0.2, -0.15) is 0 Å². The summed E-state index contributed by atoms with van der Waals surface area (Å²) in [6.45, 7) is 0. The van der Waals surface area contributed by atoms with E-state index in [1.54, 1.807) is 0 Å². The fourth-order valence-electron chi connectivity index (χ4n) is 3.62. The first-order chi connectivity index (χ1) is 10.1. The molecule has 0 saturated carbocycles. The Morgan fingerprint density at radius 1 is 1.27 bits per heavy atom. The largest absolute Gasteiger partial charge is 0.460 e. The lowest BCUT2D eigenvalue weighted by atomic mass is 10.0. The Morgan fingerprint density at radius 3 is 2.45 bits per heavy atom. The van der Waals surface area contributed by atoms with Crippen molar-refractivity contribution in [1.29, 1.82) is 0 Å². The van der Waals surface area contributed by atoms with Gasteiger partial charge in [0.25, 0.3) is 0 Å². The van der Waals surface area contributed by atoms with Gasteiger partial charge >= 0.3 is 5.97 Å². The smallest absolute Gasteiger partial charge is 0.335 e. The van der Waals surface area contributed by atoms with Crippen molar-refractivity contribution in [3.05, 3.63) is 35.9 Å². The minimum atomic E-state index is -1.07. The topological polar surface area (TPSA) is 49.8 Å². The third-order valence-corrected chi connectivity index (χ3v) is 4.88. The molecule has 4 nitrogen and oxygen atoms in total. The normalized spacial score (nSPS) is 28.7. The fraction of sp³-hybridized carbons (Fsp3) is 0.588. The van der Waals surface area contributed by atoms with Crippen LogP contribution in [0.1, 0.15) is 31.2 Å². The molecular formula is C17H24ClNO3. The maximum Gasteiger partial charge on any atom is 0.335 e. The zero-order chi connectivity index (χ0) is 14.8. The number of benzene rings is 1. The second-order valence-corrected chi connectivity index (χ2v) is 6.29. The molecule has 2 bridgehead atoms. The Morgan fingerprint density at radius 2 is 1.86 bits per heavy atom. The zero-order valence-corrected chi connectivity index (χ0v) is 13.7. The maximum absolute atomic E-state index is 12.0. The van der Waals surface area contributed by atoms with Gasteiger partial charge in [0, 0.05) is 18.5 Å². The van der Waals surface area contributed by atoms with Gasteiger partial charge < -0.3 is 14.7 Å². The van der Waals surface area contributed by atoms with Crippen molar-refractivity contribution in [2.75, 3.05) is 7.05 Å². The highest BCUT2D eigenvalue weighted by Gasteiger charge is 2.40. The van der Waals surface area contributed by atoms with Crippen LogP contribution < -0.4 is 0 Å². The van der Waals surface area contributed by atoms with Gasteiger partial charge in [-0.15, -0.1) is 12.4 Å². The van der Waals surface area contributed by atoms with E-state index in [0.29, 0.717) is 18.5 Å². The number of rotatable bonds is 4. The summed E-state index contributed by atoms with van der Waals surface area (Å²) in [7, 11) is 2.16. The Hall–Kier alpha value is -1.10. The van der Waals surface area contributed by atoms with E-state index in [9.17, 15) is 9.90 Å². The van der Waals surface area contributed by atoms with Crippen LogP contribution in [-0.2, 0) is 16.0 Å². The maximum atomic E-state index is 12.0. The highest BCUT2D eigenvalue weighted by molar-refractivity contribution is 5.85. The molecule has 0 aliphatic carbocycles. The predicted octanol–water partition coefficient (Wildman–Crippen LogP) is 2.18. The molecule has 1 aromatic carbocycles. The van der Waals surface area contributed by atoms with Gasteiger partial charge in [0.15, 0.2) is 6.10 Å². The Bertz CT molecular complexity index is 482. The lowest BCUT2D eigenvalue weighted by molar-refractivity contribution is -0.162. The molecule has 0 spiro atoms. The van der Waals surface area contributed by atoms with E-state index in [1.165, 1.54) is 12.8 Å². The van der Waals surface area contributed by atoms with Gasteiger partial charge in [-0.25, -0.2) is 4.79 Å². The van der Waals surface area contributed by atoms with Crippen LogP contribution in [0.15, 0.2) is 30.3 Å². The summed E-state index contributed by atoms with van der Waals surface area (Å²) < 4.78 is 5.54. The van der Waals surface area contributed by atoms with Crippen LogP contribution in [0.3, 0.4) is 0 Å². The van der Waals surface area contributed by atoms with Crippen LogP contribution in [0.5, 0.6) is 0 Å². The van der Waals surface area contributed by atoms with Crippen molar-refractivity contribution in [3.8, 4) is 0 Å². The molecule has 22 heavy (non-hydrogen) atoms. The average Bonchev–Trinajstić information content (AvgIpc) is 2.71. The Labute approximate surface area is 137 Å². The van der Waals surface area contributed by atoms with Gasteiger partial charge in [-0.05, 0) is 38.3 Å². The van der Waals surface area contributed by atoms with Crippen molar-refractivity contribution in [1.82, 2.24) is 4.90 Å². The number of halogens is 1. The van der Waals surface area contributed by atoms with Crippen molar-refractivity contribution < 1.29 is 14.6 Å². The van der Waals surface area contributed by atoms with E-state index in [4.69, 9.17) is 4.74 Å². The number of carbonyl (C=O) groups excluding carboxylic acids is 1. The van der Waals surface area contributed by atoms with Gasteiger partial charge in [0.2, 0.25) is 0 Å². The van der Waals surface area contributed by atoms with E-state index >= 15 is 0 Å². The second kappa shape index (κ2) is 7.44. The SMILES string of the molecule is CN1[C@@H]2CC[C@H]1CC(OC(=O)[C@H](O)Cc1ccccc1)C2.Cl. The molecule has 2 heterocycles. The third-order valence-electron chi connectivity index (χ3n) is 4.88. The summed E-state index contributed by atoms with van der Waals surface area (Å²) in [4.78, 5) is 14.5. The minimum Gasteiger partial charge on any atom is -0.460 e. The quantitative estimate of drug-likeness (QED) is 0.862. The molecule has 2 aliphatic heterocycles. The molecule has 2 fully saturated rings. The average molecular weight is 326 g/mol. The third kappa shape index (κ3) is 3.80. The number of nitrogens with zero attached hydrogens (tertiary/aromatic N) is 1. The predicted molar refractivity (Wildman–Crippen MR) is 87.1 cm³/mol. The van der Waals surface area contributed by atoms with E-state index < -0.39 is 12.1 Å². The molecular weight excluding hydrogens is 302 g/mol. The monoisotopic (exact) mass is 325 g/mol. The number of aliphatic hydroxyl groups excluding tert-OH is 1. The summed E-state index contributed by atoms with van der Waals surface area (Å²) in [5.74, 6) is -0.479. The van der Waals surface area contributed by atoms with E-state index in [-0.39, 0.29) is 18.5 Å². The number of piperidine rings is 1. The number of fused-ring (bicyclic) bond motifs is 2. The first kappa shape index (κ1) is 17.3. The van der Waals surface area contributed by atoms with Gasteiger partial charge in [0.05, 0.1) is 0 Å². The molecule has 0 aromatic heterocycles. The molecule has 1 aromatic rings. The van der Waals surface area contributed by atoms with E-state index in [1.807, 2.05) is 30.3 Å². The van der Waals surface area contributed by atoms with Crippen molar-refractivity contribution in [2.45, 2.75) is 56.4 Å². The highest BCUT2D eigenvalue weighted by Crippen LogP contribution is 2.35. The van der Waals surface area contributed by atoms with Gasteiger partial charge in [-0.3, -0.25) is 0 Å². The van der Waals surface area contributed by atoms with Crippen LogP contribution in [0.2, 0.25) is 0 Å². The molecule has 2 saturated heterocycles.